The molecule has 13 heteroatoms. The van der Waals surface area contributed by atoms with E-state index in [-0.39, 0.29) is 49.0 Å². The number of hydrogen-bond acceptors (Lipinski definition) is 8. The van der Waals surface area contributed by atoms with E-state index in [0.717, 1.165) is 4.57 Å². The number of hydrogen-bond donors (Lipinski definition) is 1. The van der Waals surface area contributed by atoms with E-state index < -0.39 is 43.1 Å². The van der Waals surface area contributed by atoms with Crippen LogP contribution in [0.1, 0.15) is 66.9 Å². The van der Waals surface area contributed by atoms with E-state index in [9.17, 15) is 24.0 Å². The lowest BCUT2D eigenvalue weighted by Gasteiger charge is -2.38. The number of aryl methyl sites for hydroxylation is 1. The van der Waals surface area contributed by atoms with Crippen molar-refractivity contribution < 1.29 is 28.3 Å². The molecule has 0 aliphatic carbocycles. The molecule has 1 aromatic heterocycles. The zero-order valence-corrected chi connectivity index (χ0v) is 27.3. The first kappa shape index (κ1) is 34.3. The number of nitrogens with one attached hydrogen (secondary N) is 1. The van der Waals surface area contributed by atoms with Crippen molar-refractivity contribution in [3.63, 3.8) is 0 Å². The molecule has 1 aliphatic heterocycles. The summed E-state index contributed by atoms with van der Waals surface area (Å²) in [6.45, 7) is 19.4. The van der Waals surface area contributed by atoms with Gasteiger partial charge in [0.05, 0.1) is 12.7 Å². The van der Waals surface area contributed by atoms with Gasteiger partial charge in [-0.25, -0.2) is 9.59 Å². The summed E-state index contributed by atoms with van der Waals surface area (Å²) in [5, 5.41) is -0.0111. The molecule has 0 saturated carbocycles. The van der Waals surface area contributed by atoms with Gasteiger partial charge in [0.15, 0.2) is 8.32 Å². The summed E-state index contributed by atoms with van der Waals surface area (Å²) in [6.07, 6.45) is 1.59. The van der Waals surface area contributed by atoms with Crippen LogP contribution in [0.25, 0.3) is 0 Å². The molecule has 2 heterocycles. The van der Waals surface area contributed by atoms with Gasteiger partial charge in [-0.15, -0.1) is 0 Å². The molecule has 1 fully saturated rings. The van der Waals surface area contributed by atoms with Crippen LogP contribution in [-0.4, -0.2) is 89.6 Å². The van der Waals surface area contributed by atoms with Crippen LogP contribution < -0.4 is 11.2 Å². The fraction of sp³-hybridized carbons (Fsp3) is 0.750. The van der Waals surface area contributed by atoms with Gasteiger partial charge in [0, 0.05) is 30.9 Å². The number of H-pyrrole nitrogens is 1. The van der Waals surface area contributed by atoms with Gasteiger partial charge in [0.1, 0.15) is 18.7 Å². The maximum atomic E-state index is 13.3. The number of aromatic amines is 1. The maximum absolute atomic E-state index is 13.3. The molecule has 0 spiro atoms. The second-order valence-corrected chi connectivity index (χ2v) is 17.9. The SMILES string of the molecule is CCOC(=O)CN(CC[C@@H]1C[C@@H](O[Si](C)(C)C(C)(C)C)CN1C(=O)OC(C)(C)C)C(=O)Cn1cc(C)c(=O)[nH]c1=O. The van der Waals surface area contributed by atoms with Crippen molar-refractivity contribution in [3.8, 4) is 0 Å². The summed E-state index contributed by atoms with van der Waals surface area (Å²) in [7, 11) is -2.12. The minimum Gasteiger partial charge on any atom is -0.465 e. The first-order chi connectivity index (χ1) is 18.7. The molecule has 2 amide bonds. The van der Waals surface area contributed by atoms with Crippen molar-refractivity contribution in [2.45, 2.75) is 111 Å². The molecule has 41 heavy (non-hydrogen) atoms. The predicted molar refractivity (Wildman–Crippen MR) is 157 cm³/mol. The van der Waals surface area contributed by atoms with Crippen molar-refractivity contribution in [1.29, 1.82) is 0 Å². The first-order valence-electron chi connectivity index (χ1n) is 14.1. The quantitative estimate of drug-likeness (QED) is 0.321. The molecule has 0 unspecified atom stereocenters. The van der Waals surface area contributed by atoms with Crippen LogP contribution in [-0.2, 0) is 30.0 Å². The highest BCUT2D eigenvalue weighted by Gasteiger charge is 2.44. The standard InChI is InChI=1S/C28H48N4O8Si/c1-11-38-23(34)18-30(22(33)17-31-15-19(2)24(35)29-25(31)36)13-12-20-14-21(40-41(9,10)28(6,7)8)16-32(20)26(37)39-27(3,4)5/h15,20-21H,11-14,16-18H2,1-10H3,(H,29,35,36)/t20-,21-/m1/s1. The molecule has 2 rings (SSSR count). The van der Waals surface area contributed by atoms with Gasteiger partial charge >= 0.3 is 17.8 Å². The first-order valence-corrected chi connectivity index (χ1v) is 17.1. The Morgan fingerprint density at radius 1 is 1.12 bits per heavy atom. The topological polar surface area (TPSA) is 140 Å². The van der Waals surface area contributed by atoms with Gasteiger partial charge in [-0.3, -0.25) is 23.9 Å². The van der Waals surface area contributed by atoms with Gasteiger partial charge in [-0.05, 0) is 65.6 Å². The fourth-order valence-corrected chi connectivity index (χ4v) is 5.67. The molecule has 0 aromatic carbocycles. The van der Waals surface area contributed by atoms with Crippen LogP contribution in [0.4, 0.5) is 4.79 Å². The molecular weight excluding hydrogens is 548 g/mol. The molecule has 12 nitrogen and oxygen atoms in total. The summed E-state index contributed by atoms with van der Waals surface area (Å²) in [5.41, 5.74) is -1.66. The van der Waals surface area contributed by atoms with Gasteiger partial charge in [-0.2, -0.15) is 0 Å². The van der Waals surface area contributed by atoms with Crippen LogP contribution in [0.15, 0.2) is 15.8 Å². The molecule has 1 N–H and O–H groups in total. The Morgan fingerprint density at radius 3 is 2.32 bits per heavy atom. The number of amides is 2. The molecule has 0 bridgehead atoms. The fourth-order valence-electron chi connectivity index (χ4n) is 4.31. The van der Waals surface area contributed by atoms with Crippen LogP contribution in [0, 0.1) is 6.92 Å². The molecule has 0 radical (unpaired) electrons. The Hall–Kier alpha value is -2.93. The van der Waals surface area contributed by atoms with Gasteiger partial charge in [-0.1, -0.05) is 20.8 Å². The number of ether oxygens (including phenoxy) is 2. The summed E-state index contributed by atoms with van der Waals surface area (Å²) in [6, 6.07) is -0.296. The van der Waals surface area contributed by atoms with Crippen LogP contribution in [0.5, 0.6) is 0 Å². The highest BCUT2D eigenvalue weighted by Crippen LogP contribution is 2.39. The van der Waals surface area contributed by atoms with Crippen molar-refractivity contribution in [2.75, 3.05) is 26.2 Å². The minimum absolute atomic E-state index is 0.0111. The predicted octanol–water partition coefficient (Wildman–Crippen LogP) is 3.03. The number of rotatable bonds is 10. The van der Waals surface area contributed by atoms with E-state index in [2.05, 4.69) is 38.8 Å². The normalized spacial score (nSPS) is 17.9. The Balaban J connectivity index is 2.28. The third-order valence-corrected chi connectivity index (χ3v) is 12.0. The number of likely N-dealkylation sites (tertiary alicyclic amines) is 1. The zero-order chi connectivity index (χ0) is 31.3. The van der Waals surface area contributed by atoms with Gasteiger partial charge < -0.3 is 23.7 Å². The van der Waals surface area contributed by atoms with E-state index in [1.165, 1.54) is 18.0 Å². The Kier molecular flexibility index (Phi) is 11.2. The van der Waals surface area contributed by atoms with E-state index >= 15 is 0 Å². The lowest BCUT2D eigenvalue weighted by molar-refractivity contribution is -0.149. The highest BCUT2D eigenvalue weighted by molar-refractivity contribution is 6.74. The third kappa shape index (κ3) is 9.84. The minimum atomic E-state index is -2.12. The monoisotopic (exact) mass is 596 g/mol. The number of esters is 1. The second-order valence-electron chi connectivity index (χ2n) is 13.1. The van der Waals surface area contributed by atoms with Crippen molar-refractivity contribution in [3.05, 3.63) is 32.6 Å². The van der Waals surface area contributed by atoms with Crippen LogP contribution in [0.3, 0.4) is 0 Å². The third-order valence-electron chi connectivity index (χ3n) is 7.48. The van der Waals surface area contributed by atoms with Gasteiger partial charge in [0.2, 0.25) is 5.91 Å². The Bertz CT molecular complexity index is 1210. The summed E-state index contributed by atoms with van der Waals surface area (Å²) >= 11 is 0. The highest BCUT2D eigenvalue weighted by atomic mass is 28.4. The van der Waals surface area contributed by atoms with Gasteiger partial charge in [0.25, 0.3) is 5.56 Å². The Morgan fingerprint density at radius 2 is 1.76 bits per heavy atom. The summed E-state index contributed by atoms with van der Waals surface area (Å²) in [5.74, 6) is -1.08. The maximum Gasteiger partial charge on any atom is 0.410 e. The Labute approximate surface area is 243 Å². The summed E-state index contributed by atoms with van der Waals surface area (Å²) < 4.78 is 18.5. The molecule has 232 valence electrons. The van der Waals surface area contributed by atoms with Crippen molar-refractivity contribution in [2.24, 2.45) is 0 Å². The summed E-state index contributed by atoms with van der Waals surface area (Å²) in [4.78, 5) is 68.1. The average molecular weight is 597 g/mol. The molecular formula is C28H48N4O8Si. The van der Waals surface area contributed by atoms with Crippen LogP contribution in [0.2, 0.25) is 18.1 Å². The smallest absolute Gasteiger partial charge is 0.410 e. The molecule has 1 aliphatic rings. The van der Waals surface area contributed by atoms with Crippen molar-refractivity contribution in [1.82, 2.24) is 19.4 Å². The van der Waals surface area contributed by atoms with E-state index in [4.69, 9.17) is 13.9 Å². The zero-order valence-electron chi connectivity index (χ0n) is 26.3. The lowest BCUT2D eigenvalue weighted by atomic mass is 10.1. The number of carbonyl (C=O) groups is 3. The largest absolute Gasteiger partial charge is 0.465 e. The van der Waals surface area contributed by atoms with E-state index in [1.54, 1.807) is 32.6 Å². The second kappa shape index (κ2) is 13.4. The van der Waals surface area contributed by atoms with E-state index in [0.29, 0.717) is 19.4 Å². The van der Waals surface area contributed by atoms with Crippen molar-refractivity contribution >= 4 is 26.3 Å². The van der Waals surface area contributed by atoms with Crippen LogP contribution >= 0.6 is 0 Å². The number of nitrogens with zero attached hydrogens (tertiary/aromatic N) is 3. The molecule has 1 saturated heterocycles. The van der Waals surface area contributed by atoms with E-state index in [1.807, 2.05) is 0 Å². The molecule has 1 aromatic rings. The number of aromatic nitrogens is 2. The average Bonchev–Trinajstić information content (AvgIpc) is 3.20. The number of carbonyl (C=O) groups excluding carboxylic acids is 3. The molecule has 2 atom stereocenters. The lowest BCUT2D eigenvalue weighted by Crippen LogP contribution is -2.45.